The molecule has 0 radical (unpaired) electrons. The smallest absolute Gasteiger partial charge is 0.149 e. The number of benzene rings is 6. The van der Waals surface area contributed by atoms with E-state index in [2.05, 4.69) is 94.6 Å². The molecule has 0 amide bonds. The van der Waals surface area contributed by atoms with Crippen molar-refractivity contribution in [2.24, 2.45) is 0 Å². The standard InChI is InChI=1S/C57H59N3O/c1-36(2)39-23-28-50(48(34-39)38-21-26-44(27-22-38)56(6,7)8)60-51-17-14-16-46(53(51)59-54(60)47-15-12-13-18-52(47)61)41-31-42(33-45(32-41)57(9,10)11)49-35-40(29-30-58-49)37-19-24-43(25-20-37)55(3,4)5/h12-36,61H,1-11H3/i3D3,4D3,5D3,36D. The van der Waals surface area contributed by atoms with E-state index in [0.717, 1.165) is 50.1 Å². The van der Waals surface area contributed by atoms with Gasteiger partial charge in [0, 0.05) is 36.6 Å². The molecular weight excluding hydrogens is 743 g/mol. The molecule has 6 aromatic carbocycles. The van der Waals surface area contributed by atoms with Gasteiger partial charge in [0.1, 0.15) is 11.6 Å². The van der Waals surface area contributed by atoms with Crippen molar-refractivity contribution in [3.05, 3.63) is 168 Å². The second-order valence-electron chi connectivity index (χ2n) is 18.3. The predicted molar refractivity (Wildman–Crippen MR) is 258 cm³/mol. The molecule has 0 aliphatic rings. The molecule has 4 heteroatoms. The number of aromatic nitrogens is 3. The second-order valence-corrected chi connectivity index (χ2v) is 18.3. The van der Waals surface area contributed by atoms with Crippen molar-refractivity contribution in [1.29, 1.82) is 0 Å². The van der Waals surface area contributed by atoms with E-state index in [9.17, 15) is 5.11 Å². The number of fused-ring (bicyclic) bond motifs is 1. The maximum absolute atomic E-state index is 11.5. The molecule has 8 rings (SSSR count). The van der Waals surface area contributed by atoms with Gasteiger partial charge in [-0.3, -0.25) is 9.55 Å². The molecule has 0 unspecified atom stereocenters. The summed E-state index contributed by atoms with van der Waals surface area (Å²) in [5, 5.41) is 11.5. The summed E-state index contributed by atoms with van der Waals surface area (Å²) in [5.74, 6) is -0.262. The minimum absolute atomic E-state index is 0.0516. The van der Waals surface area contributed by atoms with E-state index in [0.29, 0.717) is 33.7 Å². The summed E-state index contributed by atoms with van der Waals surface area (Å²) in [7, 11) is 0. The normalized spacial score (nSPS) is 15.6. The summed E-state index contributed by atoms with van der Waals surface area (Å²) in [4.78, 5) is 10.2. The van der Waals surface area contributed by atoms with Gasteiger partial charge < -0.3 is 5.11 Å². The Labute approximate surface area is 377 Å². The van der Waals surface area contributed by atoms with Crippen LogP contribution >= 0.6 is 0 Å². The van der Waals surface area contributed by atoms with Crippen LogP contribution in [-0.4, -0.2) is 19.6 Å². The van der Waals surface area contributed by atoms with Crippen LogP contribution in [0.25, 0.3) is 72.7 Å². The van der Waals surface area contributed by atoms with Crippen LogP contribution in [0.15, 0.2) is 146 Å². The average molecular weight is 812 g/mol. The van der Waals surface area contributed by atoms with Crippen LogP contribution in [0.5, 0.6) is 5.75 Å². The number of aromatic hydroxyl groups is 1. The molecule has 0 aliphatic heterocycles. The number of nitrogens with zero attached hydrogens (tertiary/aromatic N) is 3. The molecule has 0 saturated carbocycles. The number of hydrogen-bond donors (Lipinski definition) is 1. The van der Waals surface area contributed by atoms with Gasteiger partial charge in [0.15, 0.2) is 0 Å². The van der Waals surface area contributed by atoms with Gasteiger partial charge in [0.25, 0.3) is 0 Å². The van der Waals surface area contributed by atoms with Crippen LogP contribution in [0, 0.1) is 0 Å². The Morgan fingerprint density at radius 1 is 0.557 bits per heavy atom. The number of imidazole rings is 1. The van der Waals surface area contributed by atoms with E-state index < -0.39 is 31.9 Å². The van der Waals surface area contributed by atoms with Crippen molar-refractivity contribution >= 4 is 11.0 Å². The van der Waals surface area contributed by atoms with Crippen LogP contribution in [0.3, 0.4) is 0 Å². The maximum atomic E-state index is 11.5. The molecule has 2 heterocycles. The van der Waals surface area contributed by atoms with Crippen LogP contribution in [0.2, 0.25) is 0 Å². The lowest BCUT2D eigenvalue weighted by Gasteiger charge is -2.22. The Morgan fingerprint density at radius 3 is 1.85 bits per heavy atom. The number of pyridine rings is 1. The third-order valence-electron chi connectivity index (χ3n) is 11.5. The van der Waals surface area contributed by atoms with Gasteiger partial charge >= 0.3 is 0 Å². The van der Waals surface area contributed by atoms with Crippen molar-refractivity contribution in [3.8, 4) is 67.5 Å². The molecule has 2 aromatic heterocycles. The van der Waals surface area contributed by atoms with Crippen LogP contribution in [0.1, 0.15) is 118 Å². The number of rotatable bonds is 7. The lowest BCUT2D eigenvalue weighted by atomic mass is 9.83. The van der Waals surface area contributed by atoms with Gasteiger partial charge in [0.05, 0.1) is 28.0 Å². The summed E-state index contributed by atoms with van der Waals surface area (Å²) >= 11 is 0. The Balaban J connectivity index is 1.31. The SMILES string of the molecule is [2H]C(C)(C)c1ccc(-n2c(-c3ccccc3O)nc3c(-c4cc(-c5cc(-c6ccc(C(C([2H])([2H])[2H])(C([2H])([2H])[2H])C([2H])([2H])[2H])cc6)ccn5)cc(C(C)(C)C)c4)cccc32)c(-c2ccc(C(C)(C)C)cc2)c1. The number of para-hydroxylation sites is 2. The topological polar surface area (TPSA) is 50.9 Å². The molecule has 0 aliphatic carbocycles. The monoisotopic (exact) mass is 812 g/mol. The highest BCUT2D eigenvalue weighted by Crippen LogP contribution is 2.42. The molecule has 0 bridgehead atoms. The summed E-state index contributed by atoms with van der Waals surface area (Å²) in [5.41, 5.74) is 8.53. The van der Waals surface area contributed by atoms with E-state index in [1.54, 1.807) is 36.5 Å². The van der Waals surface area contributed by atoms with Crippen LogP contribution in [-0.2, 0) is 16.2 Å². The number of phenolic OH excluding ortho intramolecular Hbond substituents is 1. The first kappa shape index (κ1) is 30.7. The summed E-state index contributed by atoms with van der Waals surface area (Å²) < 4.78 is 84.8. The lowest BCUT2D eigenvalue weighted by molar-refractivity contribution is 0.477. The average Bonchev–Trinajstić information content (AvgIpc) is 3.66. The first-order valence-electron chi connectivity index (χ1n) is 25.7. The minimum atomic E-state index is -3.37. The maximum Gasteiger partial charge on any atom is 0.149 e. The van der Waals surface area contributed by atoms with Gasteiger partial charge in [0.2, 0.25) is 0 Å². The van der Waals surface area contributed by atoms with E-state index in [-0.39, 0.29) is 22.1 Å². The van der Waals surface area contributed by atoms with Crippen LogP contribution in [0.4, 0.5) is 0 Å². The molecule has 8 aromatic rings. The molecular formula is C57H59N3O. The molecule has 1 N–H and O–H groups in total. The third-order valence-corrected chi connectivity index (χ3v) is 11.5. The molecule has 4 nitrogen and oxygen atoms in total. The first-order chi connectivity index (χ1) is 32.9. The third kappa shape index (κ3) is 8.29. The van der Waals surface area contributed by atoms with E-state index >= 15 is 0 Å². The molecule has 61 heavy (non-hydrogen) atoms. The van der Waals surface area contributed by atoms with Crippen LogP contribution < -0.4 is 0 Å². The van der Waals surface area contributed by atoms with Crippen molar-refractivity contribution in [2.75, 3.05) is 0 Å². The zero-order valence-corrected chi connectivity index (χ0v) is 36.1. The zero-order chi connectivity index (χ0) is 51.9. The number of phenols is 1. The van der Waals surface area contributed by atoms with Crippen molar-refractivity contribution in [2.45, 2.75) is 98.1 Å². The number of hydrogen-bond acceptors (Lipinski definition) is 3. The summed E-state index contributed by atoms with van der Waals surface area (Å²) in [6.45, 7) is 6.64. The molecule has 308 valence electrons. The lowest BCUT2D eigenvalue weighted by Crippen LogP contribution is -2.11. The van der Waals surface area contributed by atoms with Crippen molar-refractivity contribution in [3.63, 3.8) is 0 Å². The molecule has 0 atom stereocenters. The fourth-order valence-electron chi connectivity index (χ4n) is 7.89. The zero-order valence-electron chi connectivity index (χ0n) is 46.1. The Morgan fingerprint density at radius 2 is 1.20 bits per heavy atom. The van der Waals surface area contributed by atoms with E-state index in [1.807, 2.05) is 62.4 Å². The summed E-state index contributed by atoms with van der Waals surface area (Å²) in [6.07, 6.45) is 1.67. The largest absolute Gasteiger partial charge is 0.507 e. The van der Waals surface area contributed by atoms with Gasteiger partial charge in [-0.1, -0.05) is 161 Å². The quantitative estimate of drug-likeness (QED) is 0.174. The van der Waals surface area contributed by atoms with Gasteiger partial charge in [-0.25, -0.2) is 4.98 Å². The highest BCUT2D eigenvalue weighted by atomic mass is 16.3. The van der Waals surface area contributed by atoms with Crippen molar-refractivity contribution in [1.82, 2.24) is 14.5 Å². The highest BCUT2D eigenvalue weighted by molar-refractivity contribution is 5.97. The van der Waals surface area contributed by atoms with E-state index in [1.165, 1.54) is 17.7 Å². The Bertz CT molecular complexity index is 3240. The Kier molecular flexibility index (Phi) is 7.88. The highest BCUT2D eigenvalue weighted by Gasteiger charge is 2.24. The Hall–Kier alpha value is -6.26. The predicted octanol–water partition coefficient (Wildman–Crippen LogP) is 15.5. The van der Waals surface area contributed by atoms with E-state index in [4.69, 9.17) is 23.7 Å². The van der Waals surface area contributed by atoms with Crippen molar-refractivity contribution < 1.29 is 18.8 Å². The fourth-order valence-corrected chi connectivity index (χ4v) is 7.89. The molecule has 0 fully saturated rings. The second kappa shape index (κ2) is 15.6. The molecule has 0 saturated heterocycles. The van der Waals surface area contributed by atoms with Gasteiger partial charge in [-0.15, -0.1) is 0 Å². The van der Waals surface area contributed by atoms with Gasteiger partial charge in [-0.2, -0.15) is 0 Å². The molecule has 0 spiro atoms. The fraction of sp³-hybridized carbons (Fsp3) is 0.263. The summed E-state index contributed by atoms with van der Waals surface area (Å²) in [6, 6.07) is 43.7. The minimum Gasteiger partial charge on any atom is -0.507 e. The first-order valence-corrected chi connectivity index (χ1v) is 20.7. The van der Waals surface area contributed by atoms with Gasteiger partial charge in [-0.05, 0) is 121 Å².